The van der Waals surface area contributed by atoms with Crippen LogP contribution in [-0.2, 0) is 11.2 Å². The molecule has 0 aliphatic rings. The van der Waals surface area contributed by atoms with Crippen LogP contribution in [0.5, 0.6) is 0 Å². The Hall–Kier alpha value is -1.81. The summed E-state index contributed by atoms with van der Waals surface area (Å²) in [5.74, 6) is 0.0632. The summed E-state index contributed by atoms with van der Waals surface area (Å²) in [5.41, 5.74) is 7.37. The van der Waals surface area contributed by atoms with Crippen molar-refractivity contribution in [1.82, 2.24) is 5.32 Å². The molecule has 0 saturated carbocycles. The summed E-state index contributed by atoms with van der Waals surface area (Å²) >= 11 is 0. The molecule has 0 spiro atoms. The number of para-hydroxylation sites is 1. The van der Waals surface area contributed by atoms with Gasteiger partial charge < -0.3 is 15.5 Å². The Morgan fingerprint density at radius 3 is 3.00 bits per heavy atom. The van der Waals surface area contributed by atoms with E-state index in [9.17, 15) is 4.79 Å². The van der Waals surface area contributed by atoms with E-state index < -0.39 is 0 Å². The Morgan fingerprint density at radius 1 is 1.33 bits per heavy atom. The Balaban J connectivity index is 1.85. The van der Waals surface area contributed by atoms with Crippen LogP contribution >= 0.6 is 0 Å². The Labute approximate surface area is 106 Å². The van der Waals surface area contributed by atoms with Crippen LogP contribution in [0.4, 0.5) is 0 Å². The summed E-state index contributed by atoms with van der Waals surface area (Å²) in [7, 11) is 0. The van der Waals surface area contributed by atoms with Crippen molar-refractivity contribution in [2.24, 2.45) is 5.73 Å². The highest BCUT2D eigenvalue weighted by Gasteiger charge is 2.05. The second kappa shape index (κ2) is 6.21. The predicted octanol–water partition coefficient (Wildman–Crippen LogP) is 1.83. The van der Waals surface area contributed by atoms with E-state index in [1.807, 2.05) is 24.3 Å². The number of nitrogens with two attached hydrogens (primary N) is 1. The Bertz CT molecular complexity index is 519. The number of amides is 1. The highest BCUT2D eigenvalue weighted by Crippen LogP contribution is 2.20. The van der Waals surface area contributed by atoms with Gasteiger partial charge in [0.25, 0.3) is 0 Å². The van der Waals surface area contributed by atoms with E-state index in [2.05, 4.69) is 5.32 Å². The van der Waals surface area contributed by atoms with Gasteiger partial charge in [-0.25, -0.2) is 0 Å². The average molecular weight is 246 g/mol. The minimum atomic E-state index is 0.0632. The van der Waals surface area contributed by atoms with Crippen molar-refractivity contribution in [3.63, 3.8) is 0 Å². The van der Waals surface area contributed by atoms with Crippen molar-refractivity contribution >= 4 is 16.9 Å². The zero-order valence-corrected chi connectivity index (χ0v) is 10.3. The van der Waals surface area contributed by atoms with Gasteiger partial charge in [-0.15, -0.1) is 0 Å². The third kappa shape index (κ3) is 3.11. The fraction of sp³-hybridized carbons (Fsp3) is 0.357. The van der Waals surface area contributed by atoms with E-state index in [1.165, 1.54) is 0 Å². The minimum absolute atomic E-state index is 0.0632. The molecule has 4 heteroatoms. The molecule has 2 rings (SSSR count). The first kappa shape index (κ1) is 12.6. The number of benzene rings is 1. The Kier molecular flexibility index (Phi) is 4.36. The monoisotopic (exact) mass is 246 g/mol. The molecule has 2 aromatic rings. The lowest BCUT2D eigenvalue weighted by Crippen LogP contribution is -2.25. The first-order chi connectivity index (χ1) is 8.81. The maximum Gasteiger partial charge on any atom is 0.220 e. The summed E-state index contributed by atoms with van der Waals surface area (Å²) in [6, 6.07) is 7.91. The molecule has 1 amide bonds. The van der Waals surface area contributed by atoms with Gasteiger partial charge in [0.05, 0.1) is 6.26 Å². The normalized spacial score (nSPS) is 10.7. The maximum absolute atomic E-state index is 11.4. The third-order valence-electron chi connectivity index (χ3n) is 2.89. The van der Waals surface area contributed by atoms with Crippen molar-refractivity contribution in [3.8, 4) is 0 Å². The number of nitrogens with one attached hydrogen (secondary N) is 1. The van der Waals surface area contributed by atoms with Gasteiger partial charge in [0, 0.05) is 18.4 Å². The molecule has 0 saturated heterocycles. The minimum Gasteiger partial charge on any atom is -0.464 e. The summed E-state index contributed by atoms with van der Waals surface area (Å²) in [4.78, 5) is 11.4. The fourth-order valence-corrected chi connectivity index (χ4v) is 1.91. The number of furan rings is 1. The molecule has 0 unspecified atom stereocenters. The SMILES string of the molecule is NCCCC(=O)NCCc1coc2ccccc12. The van der Waals surface area contributed by atoms with Gasteiger partial charge in [-0.2, -0.15) is 0 Å². The average Bonchev–Trinajstić information content (AvgIpc) is 2.80. The van der Waals surface area contributed by atoms with Crippen molar-refractivity contribution in [2.45, 2.75) is 19.3 Å². The van der Waals surface area contributed by atoms with Crippen LogP contribution in [-0.4, -0.2) is 19.0 Å². The van der Waals surface area contributed by atoms with E-state index in [4.69, 9.17) is 10.2 Å². The first-order valence-electron chi connectivity index (χ1n) is 6.23. The number of rotatable bonds is 6. The molecule has 96 valence electrons. The lowest BCUT2D eigenvalue weighted by atomic mass is 10.1. The van der Waals surface area contributed by atoms with Gasteiger partial charge in [-0.1, -0.05) is 18.2 Å². The van der Waals surface area contributed by atoms with Crippen molar-refractivity contribution < 1.29 is 9.21 Å². The van der Waals surface area contributed by atoms with E-state index in [0.29, 0.717) is 19.5 Å². The number of fused-ring (bicyclic) bond motifs is 1. The molecule has 3 N–H and O–H groups in total. The van der Waals surface area contributed by atoms with E-state index in [1.54, 1.807) is 6.26 Å². The van der Waals surface area contributed by atoms with Crippen LogP contribution in [0, 0.1) is 0 Å². The van der Waals surface area contributed by atoms with E-state index in [-0.39, 0.29) is 5.91 Å². The van der Waals surface area contributed by atoms with Crippen molar-refractivity contribution in [1.29, 1.82) is 0 Å². The molecular formula is C14H18N2O2. The molecule has 0 bridgehead atoms. The molecular weight excluding hydrogens is 228 g/mol. The number of hydrogen-bond acceptors (Lipinski definition) is 3. The number of carbonyl (C=O) groups is 1. The summed E-state index contributed by atoms with van der Waals surface area (Å²) < 4.78 is 5.44. The predicted molar refractivity (Wildman–Crippen MR) is 71.2 cm³/mol. The quantitative estimate of drug-likeness (QED) is 0.817. The Morgan fingerprint density at radius 2 is 2.17 bits per heavy atom. The molecule has 18 heavy (non-hydrogen) atoms. The third-order valence-corrected chi connectivity index (χ3v) is 2.89. The molecule has 4 nitrogen and oxygen atoms in total. The standard InChI is InChI=1S/C14H18N2O2/c15-8-3-6-14(17)16-9-7-11-10-18-13-5-2-1-4-12(11)13/h1-2,4-5,10H,3,6-9,15H2,(H,16,17). The molecule has 1 heterocycles. The van der Waals surface area contributed by atoms with E-state index >= 15 is 0 Å². The molecule has 0 atom stereocenters. The van der Waals surface area contributed by atoms with Crippen LogP contribution in [0.2, 0.25) is 0 Å². The summed E-state index contributed by atoms with van der Waals surface area (Å²) in [6.45, 7) is 1.19. The fourth-order valence-electron chi connectivity index (χ4n) is 1.91. The van der Waals surface area contributed by atoms with Gasteiger partial charge >= 0.3 is 0 Å². The zero-order valence-electron chi connectivity index (χ0n) is 10.3. The zero-order chi connectivity index (χ0) is 12.8. The van der Waals surface area contributed by atoms with Crippen LogP contribution in [0.15, 0.2) is 34.9 Å². The smallest absolute Gasteiger partial charge is 0.220 e. The number of carbonyl (C=O) groups excluding carboxylic acids is 1. The lowest BCUT2D eigenvalue weighted by Gasteiger charge is -2.03. The molecule has 0 radical (unpaired) electrons. The van der Waals surface area contributed by atoms with Crippen molar-refractivity contribution in [2.75, 3.05) is 13.1 Å². The van der Waals surface area contributed by atoms with Crippen molar-refractivity contribution in [3.05, 3.63) is 36.1 Å². The van der Waals surface area contributed by atoms with Gasteiger partial charge in [-0.3, -0.25) is 4.79 Å². The molecule has 0 fully saturated rings. The van der Waals surface area contributed by atoms with Crippen LogP contribution in [0.1, 0.15) is 18.4 Å². The topological polar surface area (TPSA) is 68.3 Å². The highest BCUT2D eigenvalue weighted by atomic mass is 16.3. The molecule has 0 aliphatic carbocycles. The maximum atomic E-state index is 11.4. The lowest BCUT2D eigenvalue weighted by molar-refractivity contribution is -0.121. The van der Waals surface area contributed by atoms with Gasteiger partial charge in [-0.05, 0) is 31.0 Å². The van der Waals surface area contributed by atoms with Gasteiger partial charge in [0.1, 0.15) is 5.58 Å². The largest absolute Gasteiger partial charge is 0.464 e. The molecule has 0 aliphatic heterocycles. The first-order valence-corrected chi connectivity index (χ1v) is 6.23. The van der Waals surface area contributed by atoms with Crippen LogP contribution in [0.25, 0.3) is 11.0 Å². The van der Waals surface area contributed by atoms with E-state index in [0.717, 1.165) is 29.4 Å². The second-order valence-electron chi connectivity index (χ2n) is 4.25. The number of hydrogen-bond donors (Lipinski definition) is 2. The summed E-state index contributed by atoms with van der Waals surface area (Å²) in [6.07, 6.45) is 3.78. The van der Waals surface area contributed by atoms with Crippen LogP contribution in [0.3, 0.4) is 0 Å². The second-order valence-corrected chi connectivity index (χ2v) is 4.25. The highest BCUT2D eigenvalue weighted by molar-refractivity contribution is 5.81. The van der Waals surface area contributed by atoms with Crippen LogP contribution < -0.4 is 11.1 Å². The van der Waals surface area contributed by atoms with Gasteiger partial charge in [0.2, 0.25) is 5.91 Å². The molecule has 1 aromatic carbocycles. The molecule has 1 aromatic heterocycles. The van der Waals surface area contributed by atoms with Gasteiger partial charge in [0.15, 0.2) is 0 Å². The summed E-state index contributed by atoms with van der Waals surface area (Å²) in [5, 5.41) is 4.00.